The van der Waals surface area contributed by atoms with Gasteiger partial charge in [-0.2, -0.15) is 0 Å². The van der Waals surface area contributed by atoms with Crippen molar-refractivity contribution in [3.8, 4) is 11.1 Å². The van der Waals surface area contributed by atoms with Gasteiger partial charge in [0, 0.05) is 0 Å². The second kappa shape index (κ2) is 8.31. The molecule has 0 nitrogen and oxygen atoms in total. The first-order valence-electron chi connectivity index (χ1n) is 10.8. The molecule has 0 aliphatic heterocycles. The van der Waals surface area contributed by atoms with E-state index in [-0.39, 0.29) is 0 Å². The summed E-state index contributed by atoms with van der Waals surface area (Å²) in [6.07, 6.45) is 10.8. The summed E-state index contributed by atoms with van der Waals surface area (Å²) in [7, 11) is 0. The molecule has 2 saturated carbocycles. The lowest BCUT2D eigenvalue weighted by Crippen LogP contribution is -2.00. The monoisotopic (exact) mass is 386 g/mol. The van der Waals surface area contributed by atoms with Crippen LogP contribution in [-0.4, -0.2) is 0 Å². The van der Waals surface area contributed by atoms with Crippen molar-refractivity contribution >= 4 is 0 Å². The molecule has 0 spiro atoms. The summed E-state index contributed by atoms with van der Waals surface area (Å²) in [4.78, 5) is 0. The van der Waals surface area contributed by atoms with Gasteiger partial charge in [0.1, 0.15) is 0 Å². The Bertz CT molecular complexity index is 776. The molecule has 2 unspecified atom stereocenters. The maximum atomic E-state index is 13.5. The second-order valence-electron chi connectivity index (χ2n) is 8.74. The van der Waals surface area contributed by atoms with Crippen LogP contribution in [-0.2, 0) is 0 Å². The lowest BCUT2D eigenvalue weighted by atomic mass is 9.90. The summed E-state index contributed by atoms with van der Waals surface area (Å²) in [5.41, 5.74) is 2.41. The Morgan fingerprint density at radius 3 is 2.00 bits per heavy atom. The number of fused-ring (bicyclic) bond motifs is 1. The third kappa shape index (κ3) is 3.99. The molecule has 0 heterocycles. The molecule has 2 aliphatic carbocycles. The van der Waals surface area contributed by atoms with Gasteiger partial charge in [0.2, 0.25) is 0 Å². The molecule has 2 aromatic carbocycles. The first-order chi connectivity index (χ1) is 13.6. The van der Waals surface area contributed by atoms with Crippen molar-refractivity contribution in [3.05, 3.63) is 59.4 Å². The van der Waals surface area contributed by atoms with Crippen LogP contribution in [0.3, 0.4) is 0 Å². The maximum absolute atomic E-state index is 13.5. The Labute approximate surface area is 166 Å². The van der Waals surface area contributed by atoms with Gasteiger partial charge in [-0.15, -0.1) is 0 Å². The smallest absolute Gasteiger partial charge is 0.194 e. The summed E-state index contributed by atoms with van der Waals surface area (Å²) < 4.78 is 40.1. The average Bonchev–Trinajstić information content (AvgIpc) is 3.14. The van der Waals surface area contributed by atoms with E-state index in [1.165, 1.54) is 56.9 Å². The molecule has 2 fully saturated rings. The zero-order valence-corrected chi connectivity index (χ0v) is 16.6. The quantitative estimate of drug-likeness (QED) is 0.320. The molecule has 150 valence electrons. The Kier molecular flexibility index (Phi) is 5.80. The summed E-state index contributed by atoms with van der Waals surface area (Å²) in [6.45, 7) is 2.26. The molecule has 0 saturated heterocycles. The van der Waals surface area contributed by atoms with Crippen LogP contribution in [0.5, 0.6) is 0 Å². The molecule has 4 atom stereocenters. The van der Waals surface area contributed by atoms with Crippen molar-refractivity contribution < 1.29 is 13.2 Å². The summed E-state index contributed by atoms with van der Waals surface area (Å²) in [5, 5.41) is 0. The van der Waals surface area contributed by atoms with E-state index < -0.39 is 17.5 Å². The third-order valence-electron chi connectivity index (χ3n) is 6.96. The van der Waals surface area contributed by atoms with Crippen LogP contribution in [0.25, 0.3) is 11.1 Å². The molecule has 2 aromatic rings. The van der Waals surface area contributed by atoms with Crippen molar-refractivity contribution in [3.63, 3.8) is 0 Å². The molecule has 0 N–H and O–H groups in total. The molecule has 0 amide bonds. The third-order valence-corrected chi connectivity index (χ3v) is 6.96. The zero-order valence-electron chi connectivity index (χ0n) is 16.6. The van der Waals surface area contributed by atoms with E-state index in [0.717, 1.165) is 35.4 Å². The van der Waals surface area contributed by atoms with Crippen molar-refractivity contribution in [2.24, 2.45) is 17.8 Å². The number of hydrogen-bond donors (Lipinski definition) is 0. The summed E-state index contributed by atoms with van der Waals surface area (Å²) in [5.74, 6) is -0.298. The Balaban J connectivity index is 1.31. The largest absolute Gasteiger partial charge is 0.204 e. The normalized spacial score (nSPS) is 25.7. The van der Waals surface area contributed by atoms with E-state index in [0.29, 0.717) is 11.5 Å². The van der Waals surface area contributed by atoms with Gasteiger partial charge in [-0.05, 0) is 71.8 Å². The van der Waals surface area contributed by atoms with Gasteiger partial charge in [0.05, 0.1) is 0 Å². The van der Waals surface area contributed by atoms with Gasteiger partial charge in [-0.1, -0.05) is 63.3 Å². The molecular formula is C25H29F3. The van der Waals surface area contributed by atoms with Crippen LogP contribution >= 0.6 is 0 Å². The number of halogens is 3. The van der Waals surface area contributed by atoms with Crippen LogP contribution in [0.4, 0.5) is 13.2 Å². The molecule has 4 rings (SSSR count). The van der Waals surface area contributed by atoms with Crippen molar-refractivity contribution in [1.29, 1.82) is 0 Å². The van der Waals surface area contributed by atoms with Crippen LogP contribution < -0.4 is 0 Å². The highest BCUT2D eigenvalue weighted by atomic mass is 19.2. The average molecular weight is 387 g/mol. The topological polar surface area (TPSA) is 0 Å². The van der Waals surface area contributed by atoms with Crippen molar-refractivity contribution in [1.82, 2.24) is 0 Å². The number of hydrogen-bond acceptors (Lipinski definition) is 0. The van der Waals surface area contributed by atoms with Crippen LogP contribution in [0.2, 0.25) is 0 Å². The van der Waals surface area contributed by atoms with E-state index in [4.69, 9.17) is 0 Å². The van der Waals surface area contributed by atoms with Gasteiger partial charge in [0.15, 0.2) is 17.5 Å². The minimum atomic E-state index is -1.41. The first-order valence-corrected chi connectivity index (χ1v) is 10.8. The zero-order chi connectivity index (χ0) is 19.7. The molecule has 0 radical (unpaired) electrons. The number of rotatable bonds is 8. The first kappa shape index (κ1) is 19.5. The van der Waals surface area contributed by atoms with Gasteiger partial charge >= 0.3 is 0 Å². The standard InChI is InChI=1S/C25H29F3/c1-2-3-4-5-6-7-20-21-12-18(13-22(20)21)16-8-10-17(11-9-16)19-14-23(26)25(28)24(27)15-19/h8-11,14-15,18,20-22H,2-7,12-13H2,1H3/t18?,20?,21-,22+. The van der Waals surface area contributed by atoms with Crippen LogP contribution in [0, 0.1) is 35.2 Å². The Morgan fingerprint density at radius 2 is 1.39 bits per heavy atom. The van der Waals surface area contributed by atoms with Gasteiger partial charge in [-0.25, -0.2) is 13.2 Å². The van der Waals surface area contributed by atoms with E-state index in [1.54, 1.807) is 0 Å². The second-order valence-corrected chi connectivity index (χ2v) is 8.74. The fourth-order valence-electron chi connectivity index (χ4n) is 5.33. The number of unbranched alkanes of at least 4 members (excludes halogenated alkanes) is 4. The predicted octanol–water partition coefficient (Wildman–Crippen LogP) is 7.87. The lowest BCUT2D eigenvalue weighted by Gasteiger charge is -2.15. The fraction of sp³-hybridized carbons (Fsp3) is 0.520. The van der Waals surface area contributed by atoms with E-state index in [1.807, 2.05) is 12.1 Å². The highest BCUT2D eigenvalue weighted by molar-refractivity contribution is 5.64. The molecule has 0 bridgehead atoms. The fourth-order valence-corrected chi connectivity index (χ4v) is 5.33. The molecule has 28 heavy (non-hydrogen) atoms. The Hall–Kier alpha value is -1.77. The van der Waals surface area contributed by atoms with Gasteiger partial charge < -0.3 is 0 Å². The van der Waals surface area contributed by atoms with Crippen molar-refractivity contribution in [2.75, 3.05) is 0 Å². The molecule has 2 aliphatic rings. The van der Waals surface area contributed by atoms with Gasteiger partial charge in [-0.3, -0.25) is 0 Å². The summed E-state index contributed by atoms with van der Waals surface area (Å²) >= 11 is 0. The summed E-state index contributed by atoms with van der Waals surface area (Å²) in [6, 6.07) is 10.1. The molecule has 0 aromatic heterocycles. The molecule has 3 heteroatoms. The minimum Gasteiger partial charge on any atom is -0.204 e. The lowest BCUT2D eigenvalue weighted by molar-refractivity contribution is 0.447. The Morgan fingerprint density at radius 1 is 0.786 bits per heavy atom. The number of benzene rings is 2. The SMILES string of the molecule is CCCCCCCC1[C@H]2CC(c3ccc(-c4cc(F)c(F)c(F)c4)cc3)C[C@@H]12. The van der Waals surface area contributed by atoms with Crippen LogP contribution in [0.15, 0.2) is 36.4 Å². The maximum Gasteiger partial charge on any atom is 0.194 e. The minimum absolute atomic E-state index is 0.375. The highest BCUT2D eigenvalue weighted by Crippen LogP contribution is 2.63. The highest BCUT2D eigenvalue weighted by Gasteiger charge is 2.54. The van der Waals surface area contributed by atoms with Gasteiger partial charge in [0.25, 0.3) is 0 Å². The van der Waals surface area contributed by atoms with Crippen molar-refractivity contribution in [2.45, 2.75) is 64.2 Å². The molecular weight excluding hydrogens is 357 g/mol. The van der Waals surface area contributed by atoms with E-state index in [9.17, 15) is 13.2 Å². The van der Waals surface area contributed by atoms with Crippen LogP contribution in [0.1, 0.15) is 69.8 Å². The van der Waals surface area contributed by atoms with E-state index in [2.05, 4.69) is 19.1 Å². The predicted molar refractivity (Wildman–Crippen MR) is 108 cm³/mol. The van der Waals surface area contributed by atoms with E-state index >= 15 is 0 Å².